The van der Waals surface area contributed by atoms with Gasteiger partial charge in [0, 0.05) is 30.9 Å². The highest BCUT2D eigenvalue weighted by Gasteiger charge is 2.30. The minimum Gasteiger partial charge on any atom is -0.453 e. The van der Waals surface area contributed by atoms with E-state index in [4.69, 9.17) is 4.74 Å². The predicted molar refractivity (Wildman–Crippen MR) is 149 cm³/mol. The molecule has 3 heterocycles. The highest BCUT2D eigenvalue weighted by Crippen LogP contribution is 2.31. The van der Waals surface area contributed by atoms with Gasteiger partial charge in [0.2, 0.25) is 5.91 Å². The molecule has 6 rings (SSSR count). The topological polar surface area (TPSA) is 112 Å². The van der Waals surface area contributed by atoms with E-state index in [0.29, 0.717) is 22.9 Å². The van der Waals surface area contributed by atoms with Gasteiger partial charge < -0.3 is 19.8 Å². The maximum absolute atomic E-state index is 14.9. The zero-order chi connectivity index (χ0) is 27.1. The van der Waals surface area contributed by atoms with Crippen LogP contribution >= 0.6 is 12.4 Å². The monoisotopic (exact) mass is 562 g/mol. The Hall–Kier alpha value is -4.90. The summed E-state index contributed by atoms with van der Waals surface area (Å²) in [6.45, 7) is 0. The van der Waals surface area contributed by atoms with Gasteiger partial charge in [-0.05, 0) is 49.2 Å². The second kappa shape index (κ2) is 10.7. The summed E-state index contributed by atoms with van der Waals surface area (Å²) in [6, 6.07) is 16.2. The van der Waals surface area contributed by atoms with E-state index in [1.807, 2.05) is 6.07 Å². The van der Waals surface area contributed by atoms with Crippen LogP contribution in [0.2, 0.25) is 0 Å². The molecule has 10 nitrogen and oxygen atoms in total. The van der Waals surface area contributed by atoms with E-state index in [-0.39, 0.29) is 41.2 Å². The van der Waals surface area contributed by atoms with E-state index in [1.165, 1.54) is 27.7 Å². The molecule has 3 aromatic heterocycles. The summed E-state index contributed by atoms with van der Waals surface area (Å²) in [6.07, 6.45) is 6.49. The van der Waals surface area contributed by atoms with Crippen molar-refractivity contribution in [2.75, 3.05) is 10.6 Å². The largest absolute Gasteiger partial charge is 0.453 e. The number of carbonyl (C=O) groups excluding carboxylic acids is 2. The van der Waals surface area contributed by atoms with Crippen LogP contribution in [0.4, 0.5) is 15.9 Å². The molecular formula is C28H24ClFN6O4. The number of para-hydroxylation sites is 1. The van der Waals surface area contributed by atoms with Crippen molar-refractivity contribution in [3.63, 3.8) is 0 Å². The fraction of sp³-hybridized carbons (Fsp3) is 0.143. The molecule has 0 spiro atoms. The van der Waals surface area contributed by atoms with Crippen LogP contribution < -0.4 is 20.9 Å². The Morgan fingerprint density at radius 2 is 1.77 bits per heavy atom. The van der Waals surface area contributed by atoms with Crippen LogP contribution in [0.15, 0.2) is 84.0 Å². The van der Waals surface area contributed by atoms with Crippen LogP contribution in [0, 0.1) is 11.7 Å². The maximum atomic E-state index is 14.9. The molecule has 5 aromatic rings. The Labute approximate surface area is 233 Å². The number of nitrogens with one attached hydrogen (secondary N) is 2. The van der Waals surface area contributed by atoms with Crippen LogP contribution in [-0.2, 0) is 11.8 Å². The average Bonchev–Trinajstić information content (AvgIpc) is 3.63. The summed E-state index contributed by atoms with van der Waals surface area (Å²) >= 11 is 0. The van der Waals surface area contributed by atoms with E-state index in [0.717, 1.165) is 18.9 Å². The number of imidazole rings is 1. The number of halogens is 2. The zero-order valence-electron chi connectivity index (χ0n) is 21.2. The number of pyridine rings is 1. The number of nitrogens with zero attached hydrogens (tertiary/aromatic N) is 4. The molecule has 0 bridgehead atoms. The first-order valence-corrected chi connectivity index (χ1v) is 12.3. The standard InChI is InChI=1S/C28H23FN6O4.ClH/c1-33-15-21(28(38)35(33)19-5-3-2-4-6-19)27(37)30-18-9-11-23(22(29)13-18)39-20-10-12-25-31-24(16-34(25)14-20)32-26(36)17-7-8-17;/h2-6,9-17H,7-8H2,1H3,(H,30,37)(H,32,36);1H. The maximum Gasteiger partial charge on any atom is 0.284 e. The number of aryl methyl sites for hydroxylation is 1. The molecule has 40 heavy (non-hydrogen) atoms. The van der Waals surface area contributed by atoms with Gasteiger partial charge in [-0.25, -0.2) is 14.1 Å². The van der Waals surface area contributed by atoms with Gasteiger partial charge in [0.25, 0.3) is 11.5 Å². The Kier molecular flexibility index (Phi) is 7.14. The summed E-state index contributed by atoms with van der Waals surface area (Å²) in [5.74, 6) is -0.617. The van der Waals surface area contributed by atoms with Crippen LogP contribution in [0.5, 0.6) is 11.5 Å². The number of rotatable bonds is 7. The summed E-state index contributed by atoms with van der Waals surface area (Å²) < 4.78 is 25.2. The minimum atomic E-state index is -0.703. The number of fused-ring (bicyclic) bond motifs is 1. The highest BCUT2D eigenvalue weighted by atomic mass is 35.5. The van der Waals surface area contributed by atoms with E-state index in [1.54, 1.807) is 60.2 Å². The summed E-state index contributed by atoms with van der Waals surface area (Å²) in [5, 5.41) is 5.36. The molecule has 0 aliphatic heterocycles. The van der Waals surface area contributed by atoms with Crippen molar-refractivity contribution in [3.8, 4) is 17.2 Å². The van der Waals surface area contributed by atoms with Crippen LogP contribution in [0.1, 0.15) is 23.2 Å². The fourth-order valence-corrected chi connectivity index (χ4v) is 4.23. The first kappa shape index (κ1) is 26.7. The third-order valence-electron chi connectivity index (χ3n) is 6.34. The fourth-order valence-electron chi connectivity index (χ4n) is 4.23. The quantitative estimate of drug-likeness (QED) is 0.297. The Balaban J connectivity index is 0.00000323. The molecule has 0 atom stereocenters. The number of carbonyl (C=O) groups is 2. The molecule has 0 saturated heterocycles. The van der Waals surface area contributed by atoms with Crippen molar-refractivity contribution in [2.45, 2.75) is 12.8 Å². The van der Waals surface area contributed by atoms with E-state index in [9.17, 15) is 18.8 Å². The molecule has 1 aliphatic rings. The van der Waals surface area contributed by atoms with Gasteiger partial charge in [-0.2, -0.15) is 0 Å². The van der Waals surface area contributed by atoms with Gasteiger partial charge in [-0.1, -0.05) is 18.2 Å². The van der Waals surface area contributed by atoms with Crippen molar-refractivity contribution < 1.29 is 18.7 Å². The van der Waals surface area contributed by atoms with Gasteiger partial charge in [-0.15, -0.1) is 12.4 Å². The molecule has 1 aliphatic carbocycles. The Bertz CT molecular complexity index is 1790. The highest BCUT2D eigenvalue weighted by molar-refractivity contribution is 6.04. The van der Waals surface area contributed by atoms with Gasteiger partial charge in [0.15, 0.2) is 17.4 Å². The van der Waals surface area contributed by atoms with Gasteiger partial charge in [0.05, 0.1) is 18.1 Å². The number of ether oxygens (including phenoxy) is 1. The van der Waals surface area contributed by atoms with E-state index >= 15 is 0 Å². The molecule has 1 fully saturated rings. The van der Waals surface area contributed by atoms with Gasteiger partial charge in [0.1, 0.15) is 17.0 Å². The van der Waals surface area contributed by atoms with Crippen LogP contribution in [0.25, 0.3) is 11.3 Å². The molecule has 2 amide bonds. The predicted octanol–water partition coefficient (Wildman–Crippen LogP) is 4.78. The Morgan fingerprint density at radius 1 is 1.00 bits per heavy atom. The second-order valence-electron chi connectivity index (χ2n) is 9.29. The molecule has 2 N–H and O–H groups in total. The van der Waals surface area contributed by atoms with Crippen LogP contribution in [0.3, 0.4) is 0 Å². The van der Waals surface area contributed by atoms with Gasteiger partial charge in [-0.3, -0.25) is 19.1 Å². The second-order valence-corrected chi connectivity index (χ2v) is 9.29. The molecule has 0 unspecified atom stereocenters. The SMILES string of the molecule is Cl.Cn1cc(C(=O)Nc2ccc(Oc3ccc4nc(NC(=O)C5CC5)cn4c3)c(F)c2)c(=O)n1-c1ccccc1. The molecule has 0 radical (unpaired) electrons. The average molecular weight is 563 g/mol. The lowest BCUT2D eigenvalue weighted by molar-refractivity contribution is -0.117. The molecule has 204 valence electrons. The summed E-state index contributed by atoms with van der Waals surface area (Å²) in [5.41, 5.74) is 0.805. The summed E-state index contributed by atoms with van der Waals surface area (Å²) in [7, 11) is 1.66. The smallest absolute Gasteiger partial charge is 0.284 e. The number of amides is 2. The van der Waals surface area contributed by atoms with Gasteiger partial charge >= 0.3 is 0 Å². The molecule has 2 aromatic carbocycles. The zero-order valence-corrected chi connectivity index (χ0v) is 22.0. The first-order chi connectivity index (χ1) is 18.9. The number of anilines is 2. The number of aromatic nitrogens is 4. The van der Waals surface area contributed by atoms with E-state index < -0.39 is 17.3 Å². The van der Waals surface area contributed by atoms with Crippen molar-refractivity contribution >= 4 is 41.4 Å². The molecule has 12 heteroatoms. The third kappa shape index (κ3) is 5.32. The molecular weight excluding hydrogens is 539 g/mol. The van der Waals surface area contributed by atoms with Crippen molar-refractivity contribution in [1.82, 2.24) is 18.7 Å². The number of hydrogen-bond donors (Lipinski definition) is 2. The number of benzene rings is 2. The van der Waals surface area contributed by atoms with Crippen molar-refractivity contribution in [1.29, 1.82) is 0 Å². The number of hydrogen-bond acceptors (Lipinski definition) is 5. The van der Waals surface area contributed by atoms with E-state index in [2.05, 4.69) is 15.6 Å². The summed E-state index contributed by atoms with van der Waals surface area (Å²) in [4.78, 5) is 42.1. The minimum absolute atomic E-state index is 0. The lowest BCUT2D eigenvalue weighted by Crippen LogP contribution is -2.25. The third-order valence-corrected chi connectivity index (χ3v) is 6.34. The Morgan fingerprint density at radius 3 is 2.50 bits per heavy atom. The normalized spacial score (nSPS) is 12.6. The van der Waals surface area contributed by atoms with Crippen molar-refractivity contribution in [3.05, 3.63) is 101 Å². The lowest BCUT2D eigenvalue weighted by Gasteiger charge is -2.09. The first-order valence-electron chi connectivity index (χ1n) is 12.3. The molecule has 1 saturated carbocycles. The van der Waals surface area contributed by atoms with Crippen molar-refractivity contribution in [2.24, 2.45) is 13.0 Å². The lowest BCUT2D eigenvalue weighted by atomic mass is 10.2. The van der Waals surface area contributed by atoms with Crippen LogP contribution in [-0.4, -0.2) is 30.6 Å².